The van der Waals surface area contributed by atoms with E-state index in [0.717, 1.165) is 21.8 Å². The van der Waals surface area contributed by atoms with Crippen molar-refractivity contribution >= 4 is 28.7 Å². The summed E-state index contributed by atoms with van der Waals surface area (Å²) in [7, 11) is 1.96. The maximum absolute atomic E-state index is 13.2. The van der Waals surface area contributed by atoms with E-state index in [0.29, 0.717) is 31.9 Å². The van der Waals surface area contributed by atoms with Crippen LogP contribution in [0.2, 0.25) is 0 Å². The summed E-state index contributed by atoms with van der Waals surface area (Å²) in [6, 6.07) is 15.8. The first-order chi connectivity index (χ1) is 14.6. The summed E-state index contributed by atoms with van der Waals surface area (Å²) in [5.41, 5.74) is 2.74. The van der Waals surface area contributed by atoms with Gasteiger partial charge in [-0.05, 0) is 29.8 Å². The van der Waals surface area contributed by atoms with Gasteiger partial charge >= 0.3 is 0 Å². The van der Waals surface area contributed by atoms with Crippen LogP contribution in [0.5, 0.6) is 0 Å². The van der Waals surface area contributed by atoms with Crippen LogP contribution in [0.3, 0.4) is 0 Å². The number of hydrogen-bond donors (Lipinski definition) is 0. The Kier molecular flexibility index (Phi) is 6.02. The fraction of sp³-hybridized carbons (Fsp3) is 0.318. The van der Waals surface area contributed by atoms with Gasteiger partial charge in [-0.15, -0.1) is 0 Å². The first-order valence-corrected chi connectivity index (χ1v) is 10.8. The third-order valence-corrected chi connectivity index (χ3v) is 6.43. The van der Waals surface area contributed by atoms with Crippen LogP contribution in [0.25, 0.3) is 11.0 Å². The number of fused-ring (bicyclic) bond motifs is 1. The lowest BCUT2D eigenvalue weighted by Crippen LogP contribution is -2.50. The molecule has 2 aromatic carbocycles. The Labute approximate surface area is 178 Å². The Morgan fingerprint density at radius 3 is 2.53 bits per heavy atom. The molecule has 1 fully saturated rings. The molecule has 0 bridgehead atoms. The SMILES string of the molecule is Cn1c(SCC(=O)N2CCN(C(C#N)c3ccc(F)cc3)CC2)nc2ccccc21. The number of benzene rings is 2. The number of nitriles is 1. The number of thioether (sulfide) groups is 1. The smallest absolute Gasteiger partial charge is 0.233 e. The molecule has 30 heavy (non-hydrogen) atoms. The van der Waals surface area contributed by atoms with E-state index in [2.05, 4.69) is 11.1 Å². The lowest BCUT2D eigenvalue weighted by atomic mass is 10.1. The third kappa shape index (κ3) is 4.18. The molecule has 0 spiro atoms. The molecule has 1 atom stereocenters. The zero-order chi connectivity index (χ0) is 21.1. The zero-order valence-electron chi connectivity index (χ0n) is 16.7. The van der Waals surface area contributed by atoms with Gasteiger partial charge in [0.15, 0.2) is 5.16 Å². The second-order valence-electron chi connectivity index (χ2n) is 7.23. The Hall–Kier alpha value is -2.89. The zero-order valence-corrected chi connectivity index (χ0v) is 17.5. The standard InChI is InChI=1S/C22H22FN5OS/c1-26-19-5-3-2-4-18(19)25-22(26)30-15-21(29)28-12-10-27(11-13-28)20(14-24)16-6-8-17(23)9-7-16/h2-9,20H,10-13,15H2,1H3. The molecule has 0 saturated carbocycles. The number of carbonyl (C=O) groups is 1. The van der Waals surface area contributed by atoms with Gasteiger partial charge in [0.2, 0.25) is 5.91 Å². The van der Waals surface area contributed by atoms with E-state index in [9.17, 15) is 14.4 Å². The van der Waals surface area contributed by atoms with Gasteiger partial charge < -0.3 is 9.47 Å². The quantitative estimate of drug-likeness (QED) is 0.590. The van der Waals surface area contributed by atoms with Crippen LogP contribution >= 0.6 is 11.8 Å². The summed E-state index contributed by atoms with van der Waals surface area (Å²) in [6.45, 7) is 2.36. The number of nitrogens with zero attached hydrogens (tertiary/aromatic N) is 5. The van der Waals surface area contributed by atoms with Gasteiger partial charge in [-0.25, -0.2) is 9.37 Å². The maximum atomic E-state index is 13.2. The molecule has 8 heteroatoms. The van der Waals surface area contributed by atoms with E-state index in [1.54, 1.807) is 12.1 Å². The minimum atomic E-state index is -0.433. The molecule has 1 saturated heterocycles. The van der Waals surface area contributed by atoms with E-state index < -0.39 is 6.04 Å². The summed E-state index contributed by atoms with van der Waals surface area (Å²) in [6.07, 6.45) is 0. The fourth-order valence-electron chi connectivity index (χ4n) is 3.71. The Morgan fingerprint density at radius 2 is 1.87 bits per heavy atom. The summed E-state index contributed by atoms with van der Waals surface area (Å²) in [4.78, 5) is 21.2. The average Bonchev–Trinajstić information content (AvgIpc) is 3.10. The molecule has 4 rings (SSSR count). The first kappa shape index (κ1) is 20.4. The van der Waals surface area contributed by atoms with E-state index in [1.165, 1.54) is 23.9 Å². The van der Waals surface area contributed by atoms with Crippen molar-refractivity contribution in [3.8, 4) is 6.07 Å². The Bertz CT molecular complexity index is 1080. The van der Waals surface area contributed by atoms with Crippen LogP contribution < -0.4 is 0 Å². The molecule has 1 amide bonds. The molecule has 3 aromatic rings. The van der Waals surface area contributed by atoms with Gasteiger partial charge in [0.05, 0.1) is 22.9 Å². The lowest BCUT2D eigenvalue weighted by molar-refractivity contribution is -0.130. The minimum Gasteiger partial charge on any atom is -0.339 e. The molecule has 0 radical (unpaired) electrons. The highest BCUT2D eigenvalue weighted by Gasteiger charge is 2.27. The molecule has 1 unspecified atom stereocenters. The summed E-state index contributed by atoms with van der Waals surface area (Å²) in [5.74, 6) is 0.0857. The molecule has 1 aromatic heterocycles. The molecule has 154 valence electrons. The maximum Gasteiger partial charge on any atom is 0.233 e. The molecular formula is C22H22FN5OS. The number of amides is 1. The van der Waals surface area contributed by atoms with Crippen LogP contribution in [-0.4, -0.2) is 57.2 Å². The second kappa shape index (κ2) is 8.86. The van der Waals surface area contributed by atoms with Crippen LogP contribution in [-0.2, 0) is 11.8 Å². The van der Waals surface area contributed by atoms with Gasteiger partial charge in [0, 0.05) is 33.2 Å². The summed E-state index contributed by atoms with van der Waals surface area (Å²) < 4.78 is 15.2. The number of halogens is 1. The minimum absolute atomic E-state index is 0.0713. The van der Waals surface area contributed by atoms with Crippen molar-refractivity contribution in [1.82, 2.24) is 19.4 Å². The number of aryl methyl sites for hydroxylation is 1. The van der Waals surface area contributed by atoms with Crippen LogP contribution in [0.15, 0.2) is 53.7 Å². The van der Waals surface area contributed by atoms with Crippen molar-refractivity contribution in [1.29, 1.82) is 5.26 Å². The van der Waals surface area contributed by atoms with Gasteiger partial charge in [-0.1, -0.05) is 36.0 Å². The number of imidazole rings is 1. The molecule has 2 heterocycles. The van der Waals surface area contributed by atoms with E-state index >= 15 is 0 Å². The van der Waals surface area contributed by atoms with Gasteiger partial charge in [0.1, 0.15) is 11.9 Å². The number of para-hydroxylation sites is 2. The largest absolute Gasteiger partial charge is 0.339 e. The van der Waals surface area contributed by atoms with Crippen LogP contribution in [0.1, 0.15) is 11.6 Å². The monoisotopic (exact) mass is 423 g/mol. The van der Waals surface area contributed by atoms with Crippen molar-refractivity contribution in [3.05, 3.63) is 59.9 Å². The van der Waals surface area contributed by atoms with Crippen molar-refractivity contribution in [2.75, 3.05) is 31.9 Å². The summed E-state index contributed by atoms with van der Waals surface area (Å²) in [5, 5.41) is 10.4. The normalized spacial score (nSPS) is 15.8. The topological polar surface area (TPSA) is 65.2 Å². The molecule has 0 aliphatic carbocycles. The van der Waals surface area contributed by atoms with Crippen molar-refractivity contribution in [2.45, 2.75) is 11.2 Å². The number of hydrogen-bond acceptors (Lipinski definition) is 5. The van der Waals surface area contributed by atoms with Gasteiger partial charge in [-0.3, -0.25) is 9.69 Å². The van der Waals surface area contributed by atoms with E-state index in [4.69, 9.17) is 0 Å². The van der Waals surface area contributed by atoms with Crippen LogP contribution in [0, 0.1) is 17.1 Å². The van der Waals surface area contributed by atoms with Crippen molar-refractivity contribution in [3.63, 3.8) is 0 Å². The average molecular weight is 424 g/mol. The highest BCUT2D eigenvalue weighted by atomic mass is 32.2. The number of piperazine rings is 1. The molecule has 1 aliphatic heterocycles. The predicted molar refractivity (Wildman–Crippen MR) is 114 cm³/mol. The molecular weight excluding hydrogens is 401 g/mol. The van der Waals surface area contributed by atoms with E-state index in [-0.39, 0.29) is 11.7 Å². The number of rotatable bonds is 5. The molecule has 1 aliphatic rings. The fourth-order valence-corrected chi connectivity index (χ4v) is 4.60. The van der Waals surface area contributed by atoms with Crippen LogP contribution in [0.4, 0.5) is 4.39 Å². The highest BCUT2D eigenvalue weighted by Crippen LogP contribution is 2.24. The molecule has 0 N–H and O–H groups in total. The predicted octanol–water partition coefficient (Wildman–Crippen LogP) is 3.21. The third-order valence-electron chi connectivity index (χ3n) is 5.41. The van der Waals surface area contributed by atoms with E-state index in [1.807, 2.05) is 45.7 Å². The lowest BCUT2D eigenvalue weighted by Gasteiger charge is -2.37. The van der Waals surface area contributed by atoms with Crippen molar-refractivity contribution in [2.24, 2.45) is 7.05 Å². The Morgan fingerprint density at radius 1 is 1.17 bits per heavy atom. The van der Waals surface area contributed by atoms with Gasteiger partial charge in [0.25, 0.3) is 0 Å². The van der Waals surface area contributed by atoms with Crippen molar-refractivity contribution < 1.29 is 9.18 Å². The number of carbonyl (C=O) groups excluding carboxylic acids is 1. The summed E-state index contributed by atoms with van der Waals surface area (Å²) >= 11 is 1.44. The molecule has 6 nitrogen and oxygen atoms in total. The first-order valence-electron chi connectivity index (χ1n) is 9.78. The number of aromatic nitrogens is 2. The van der Waals surface area contributed by atoms with Gasteiger partial charge in [-0.2, -0.15) is 5.26 Å². The Balaban J connectivity index is 1.33. The highest BCUT2D eigenvalue weighted by molar-refractivity contribution is 7.99. The second-order valence-corrected chi connectivity index (χ2v) is 8.17.